The summed E-state index contributed by atoms with van der Waals surface area (Å²) in [5.74, 6) is 2.29. The number of ether oxygens (including phenoxy) is 3. The molecule has 0 aromatic rings. The van der Waals surface area contributed by atoms with Gasteiger partial charge in [-0.1, -0.05) is 96.4 Å². The van der Waals surface area contributed by atoms with E-state index in [1.807, 2.05) is 74.4 Å². The van der Waals surface area contributed by atoms with Crippen LogP contribution in [0.1, 0.15) is 136 Å². The summed E-state index contributed by atoms with van der Waals surface area (Å²) in [7, 11) is 3.77. The van der Waals surface area contributed by atoms with Gasteiger partial charge in [0.05, 0.1) is 38.1 Å². The third-order valence-electron chi connectivity index (χ3n) is 11.0. The van der Waals surface area contributed by atoms with Crippen LogP contribution in [0.5, 0.6) is 0 Å². The van der Waals surface area contributed by atoms with Crippen LogP contribution in [0.15, 0.2) is 0 Å². The summed E-state index contributed by atoms with van der Waals surface area (Å²) in [4.78, 5) is 46.3. The molecule has 12 heteroatoms. The standard InChI is InChI=1S/C17H34N2O2.C15H30N2O2.C14H28N2O2.C2H6.H2/c1-14(2)7-6-9-19-11-12-21-16(13-19)8-10-18(5)17(20)15(3)4;1-12(2)6-5-7-17-8-9-19-14(11-17)10-16-15(18)13(3)4;1-5-6-7-16-8-9-18-13(11-16)10-15(4)14(17)12(2)3;1-2;/h14-16H,6-13H2,1-5H3;12-14H,5-11H2,1-4H3,(H,16,18);12-13H,5-11H2,1-4H3;1-2H3;1H/t16-;14-;13-;;/m110../s1. The SMILES string of the molecule is CC.CC(C)CCCN1CCO[C@H](CCN(C)C(=O)C(C)C)C1.CC(C)CCCN1CCO[C@H](CNC(=O)C(C)C)C1.CCCCN1CCO[C@@H](CN(C)C(=O)C(C)C)C1.[HH]. The summed E-state index contributed by atoms with van der Waals surface area (Å²) in [5, 5.41) is 2.96. The lowest BCUT2D eigenvalue weighted by molar-refractivity contribution is -0.136. The highest BCUT2D eigenvalue weighted by Crippen LogP contribution is 2.14. The van der Waals surface area contributed by atoms with Gasteiger partial charge in [-0.2, -0.15) is 0 Å². The minimum Gasteiger partial charge on any atom is -0.375 e. The molecule has 3 fully saturated rings. The number of rotatable bonds is 21. The molecule has 3 saturated heterocycles. The van der Waals surface area contributed by atoms with Crippen LogP contribution >= 0.6 is 0 Å². The molecule has 0 unspecified atom stereocenters. The number of unbranched alkanes of at least 4 members (excludes halogenated alkanes) is 1. The first-order valence-corrected chi connectivity index (χ1v) is 24.2. The quantitative estimate of drug-likeness (QED) is 0.127. The molecule has 3 heterocycles. The molecule has 12 nitrogen and oxygen atoms in total. The van der Waals surface area contributed by atoms with Crippen LogP contribution in [0.25, 0.3) is 0 Å². The van der Waals surface area contributed by atoms with Gasteiger partial charge in [0, 0.05) is 92.2 Å². The molecule has 0 radical (unpaired) electrons. The van der Waals surface area contributed by atoms with Gasteiger partial charge < -0.3 is 29.3 Å². The number of nitrogens with one attached hydrogen (secondary N) is 1. The molecule has 3 amide bonds. The summed E-state index contributed by atoms with van der Waals surface area (Å²) in [6.07, 6.45) is 9.12. The molecule has 358 valence electrons. The number of carbonyl (C=O) groups excluding carboxylic acids is 3. The van der Waals surface area contributed by atoms with Crippen LogP contribution in [0.2, 0.25) is 0 Å². The molecule has 3 rings (SSSR count). The molecular formula is C48H100N6O6. The van der Waals surface area contributed by atoms with Crippen LogP contribution in [0.4, 0.5) is 0 Å². The molecule has 3 aliphatic rings. The molecule has 3 atom stereocenters. The van der Waals surface area contributed by atoms with E-state index in [0.717, 1.165) is 97.0 Å². The summed E-state index contributed by atoms with van der Waals surface area (Å²) < 4.78 is 17.3. The van der Waals surface area contributed by atoms with Gasteiger partial charge in [-0.15, -0.1) is 0 Å². The zero-order chi connectivity index (χ0) is 45.6. The fourth-order valence-electron chi connectivity index (χ4n) is 7.33. The van der Waals surface area contributed by atoms with Crippen molar-refractivity contribution in [3.63, 3.8) is 0 Å². The Hall–Kier alpha value is -1.83. The van der Waals surface area contributed by atoms with Gasteiger partial charge in [0.2, 0.25) is 17.7 Å². The average Bonchev–Trinajstić information content (AvgIpc) is 3.21. The van der Waals surface area contributed by atoms with Crippen molar-refractivity contribution in [2.45, 2.75) is 153 Å². The Labute approximate surface area is 372 Å². The average molecular weight is 857 g/mol. The van der Waals surface area contributed by atoms with Gasteiger partial charge in [0.25, 0.3) is 0 Å². The number of nitrogens with zero attached hydrogens (tertiary/aromatic N) is 5. The monoisotopic (exact) mass is 857 g/mol. The van der Waals surface area contributed by atoms with E-state index < -0.39 is 0 Å². The first-order valence-electron chi connectivity index (χ1n) is 24.2. The molecule has 0 saturated carbocycles. The van der Waals surface area contributed by atoms with Gasteiger partial charge in [0.1, 0.15) is 0 Å². The van der Waals surface area contributed by atoms with Gasteiger partial charge in [0.15, 0.2) is 0 Å². The predicted octanol–water partition coefficient (Wildman–Crippen LogP) is 7.40. The Balaban J connectivity index is 0. The van der Waals surface area contributed by atoms with E-state index in [2.05, 4.69) is 54.6 Å². The molecule has 0 spiro atoms. The minimum absolute atomic E-state index is 0. The van der Waals surface area contributed by atoms with Crippen molar-refractivity contribution < 1.29 is 30.0 Å². The predicted molar refractivity (Wildman–Crippen MR) is 252 cm³/mol. The maximum atomic E-state index is 11.9. The first-order chi connectivity index (χ1) is 28.4. The highest BCUT2D eigenvalue weighted by Gasteiger charge is 2.25. The molecule has 60 heavy (non-hydrogen) atoms. The molecule has 0 aromatic carbocycles. The normalized spacial score (nSPS) is 20.2. The summed E-state index contributed by atoms with van der Waals surface area (Å²) >= 11 is 0. The van der Waals surface area contributed by atoms with Gasteiger partial charge in [-0.05, 0) is 70.0 Å². The number of morpholine rings is 3. The van der Waals surface area contributed by atoms with Crippen LogP contribution < -0.4 is 5.32 Å². The second-order valence-electron chi connectivity index (χ2n) is 18.8. The van der Waals surface area contributed by atoms with Crippen molar-refractivity contribution in [1.29, 1.82) is 0 Å². The van der Waals surface area contributed by atoms with Crippen LogP contribution in [-0.4, -0.2) is 173 Å². The smallest absolute Gasteiger partial charge is 0.224 e. The molecule has 3 aliphatic heterocycles. The van der Waals surface area contributed by atoms with Crippen molar-refractivity contribution in [2.24, 2.45) is 29.6 Å². The van der Waals surface area contributed by atoms with Crippen LogP contribution in [0.3, 0.4) is 0 Å². The fourth-order valence-corrected chi connectivity index (χ4v) is 7.33. The zero-order valence-electron chi connectivity index (χ0n) is 41.9. The summed E-state index contributed by atoms with van der Waals surface area (Å²) in [6.45, 7) is 40.9. The van der Waals surface area contributed by atoms with Gasteiger partial charge >= 0.3 is 0 Å². The highest BCUT2D eigenvalue weighted by atomic mass is 16.5. The first kappa shape index (κ1) is 58.2. The van der Waals surface area contributed by atoms with Crippen molar-refractivity contribution in [3.8, 4) is 0 Å². The zero-order valence-corrected chi connectivity index (χ0v) is 41.9. The van der Waals surface area contributed by atoms with E-state index in [1.165, 1.54) is 45.1 Å². The largest absolute Gasteiger partial charge is 0.375 e. The van der Waals surface area contributed by atoms with Crippen molar-refractivity contribution in [3.05, 3.63) is 0 Å². The number of likely N-dealkylation sites (N-methyl/N-ethyl adjacent to an activating group) is 1. The maximum absolute atomic E-state index is 11.9. The summed E-state index contributed by atoms with van der Waals surface area (Å²) in [5.41, 5.74) is 0. The van der Waals surface area contributed by atoms with Crippen molar-refractivity contribution in [1.82, 2.24) is 29.8 Å². The van der Waals surface area contributed by atoms with E-state index >= 15 is 0 Å². The van der Waals surface area contributed by atoms with E-state index in [4.69, 9.17) is 14.2 Å². The Morgan fingerprint density at radius 1 is 0.617 bits per heavy atom. The summed E-state index contributed by atoms with van der Waals surface area (Å²) in [6, 6.07) is 0. The third kappa shape index (κ3) is 28.0. The van der Waals surface area contributed by atoms with Gasteiger partial charge in [-0.25, -0.2) is 0 Å². The Bertz CT molecular complexity index is 1100. The van der Waals surface area contributed by atoms with Crippen LogP contribution in [-0.2, 0) is 28.6 Å². The van der Waals surface area contributed by atoms with Crippen molar-refractivity contribution >= 4 is 17.7 Å². The highest BCUT2D eigenvalue weighted by molar-refractivity contribution is 5.78. The second-order valence-corrected chi connectivity index (χ2v) is 18.8. The maximum Gasteiger partial charge on any atom is 0.224 e. The number of carbonyl (C=O) groups is 3. The topological polar surface area (TPSA) is 107 Å². The van der Waals surface area contributed by atoms with E-state index in [0.29, 0.717) is 13.1 Å². The molecule has 0 bridgehead atoms. The number of amides is 3. The number of hydrogen-bond acceptors (Lipinski definition) is 9. The van der Waals surface area contributed by atoms with Crippen molar-refractivity contribution in [2.75, 3.05) is 112 Å². The van der Waals surface area contributed by atoms with E-state index in [-0.39, 0.29) is 55.2 Å². The molecule has 0 aromatic heterocycles. The molecule has 1 N–H and O–H groups in total. The molecule has 0 aliphatic carbocycles. The van der Waals surface area contributed by atoms with E-state index in [9.17, 15) is 14.4 Å². The third-order valence-corrected chi connectivity index (χ3v) is 11.0. The Kier molecular flexibility index (Phi) is 33.6. The molecular weight excluding hydrogens is 757 g/mol. The Morgan fingerprint density at radius 3 is 1.48 bits per heavy atom. The fraction of sp³-hybridized carbons (Fsp3) is 0.938. The Morgan fingerprint density at radius 2 is 1.03 bits per heavy atom. The lowest BCUT2D eigenvalue weighted by atomic mass is 10.1. The van der Waals surface area contributed by atoms with E-state index in [1.54, 1.807) is 4.90 Å². The lowest BCUT2D eigenvalue weighted by Crippen LogP contribution is -2.48. The van der Waals surface area contributed by atoms with Crippen LogP contribution in [0, 0.1) is 29.6 Å². The number of hydrogen-bond donors (Lipinski definition) is 1. The minimum atomic E-state index is 0. The van der Waals surface area contributed by atoms with Gasteiger partial charge in [-0.3, -0.25) is 29.1 Å². The lowest BCUT2D eigenvalue weighted by Gasteiger charge is -2.35. The second kappa shape index (κ2) is 34.6.